The van der Waals surface area contributed by atoms with Crippen LogP contribution in [0.4, 0.5) is 10.1 Å². The molecule has 0 spiro atoms. The first-order chi connectivity index (χ1) is 11.5. The number of methoxy groups -OCH3 is 1. The Balaban J connectivity index is 1.49. The number of ether oxygens (including phenoxy) is 2. The predicted molar refractivity (Wildman–Crippen MR) is 89.9 cm³/mol. The molecule has 1 N–H and O–H groups in total. The lowest BCUT2D eigenvalue weighted by molar-refractivity contribution is -0.125. The Hall–Kier alpha value is -2.56. The van der Waals surface area contributed by atoms with Crippen LogP contribution in [0, 0.1) is 18.7 Å². The number of anilines is 1. The first kappa shape index (κ1) is 16.3. The van der Waals surface area contributed by atoms with Gasteiger partial charge in [-0.25, -0.2) is 4.39 Å². The molecular weight excluding hydrogens is 309 g/mol. The monoisotopic (exact) mass is 329 g/mol. The second kappa shape index (κ2) is 6.91. The topological polar surface area (TPSA) is 47.6 Å². The van der Waals surface area contributed by atoms with Crippen LogP contribution in [0.1, 0.15) is 18.4 Å². The van der Waals surface area contributed by atoms with Gasteiger partial charge < -0.3 is 14.8 Å². The molecule has 2 aromatic rings. The minimum Gasteiger partial charge on any atom is -0.496 e. The normalized spacial score (nSPS) is 19.3. The molecule has 24 heavy (non-hydrogen) atoms. The summed E-state index contributed by atoms with van der Waals surface area (Å²) in [6.07, 6.45) is 1.33. The maximum Gasteiger partial charge on any atom is 0.227 e. The number of carbonyl (C=O) groups is 1. The summed E-state index contributed by atoms with van der Waals surface area (Å²) >= 11 is 0. The van der Waals surface area contributed by atoms with E-state index in [0.717, 1.165) is 17.0 Å². The molecule has 0 unspecified atom stereocenters. The first-order valence-corrected chi connectivity index (χ1v) is 7.93. The third kappa shape index (κ3) is 3.67. The van der Waals surface area contributed by atoms with E-state index in [1.165, 1.54) is 12.1 Å². The van der Waals surface area contributed by atoms with Crippen molar-refractivity contribution in [1.82, 2.24) is 0 Å². The van der Waals surface area contributed by atoms with Gasteiger partial charge in [0.15, 0.2) is 0 Å². The summed E-state index contributed by atoms with van der Waals surface area (Å²) in [6.45, 7) is 1.93. The van der Waals surface area contributed by atoms with Gasteiger partial charge >= 0.3 is 0 Å². The number of hydrogen-bond acceptors (Lipinski definition) is 3. The van der Waals surface area contributed by atoms with E-state index < -0.39 is 0 Å². The maximum absolute atomic E-state index is 12.9. The highest BCUT2D eigenvalue weighted by Gasteiger charge is 2.36. The molecule has 0 saturated heterocycles. The molecule has 0 heterocycles. The first-order valence-electron chi connectivity index (χ1n) is 7.93. The van der Waals surface area contributed by atoms with Crippen molar-refractivity contribution in [1.29, 1.82) is 0 Å². The fraction of sp³-hybridized carbons (Fsp3) is 0.316. The third-order valence-corrected chi connectivity index (χ3v) is 4.24. The Morgan fingerprint density at radius 1 is 1.17 bits per heavy atom. The van der Waals surface area contributed by atoms with Gasteiger partial charge in [-0.3, -0.25) is 4.79 Å². The SMILES string of the molecule is COc1ccc(NC(=O)C2CC(Oc3ccc(F)cc3)C2)cc1C. The van der Waals surface area contributed by atoms with Crippen LogP contribution < -0.4 is 14.8 Å². The van der Waals surface area contributed by atoms with Crippen molar-refractivity contribution in [2.75, 3.05) is 12.4 Å². The lowest BCUT2D eigenvalue weighted by Gasteiger charge is -2.34. The number of amides is 1. The van der Waals surface area contributed by atoms with Gasteiger partial charge in [0.2, 0.25) is 5.91 Å². The van der Waals surface area contributed by atoms with Crippen LogP contribution >= 0.6 is 0 Å². The lowest BCUT2D eigenvalue weighted by atomic mass is 9.81. The lowest BCUT2D eigenvalue weighted by Crippen LogP contribution is -2.40. The molecule has 1 aliphatic carbocycles. The number of hydrogen-bond donors (Lipinski definition) is 1. The zero-order valence-corrected chi connectivity index (χ0v) is 13.7. The number of benzene rings is 2. The highest BCUT2D eigenvalue weighted by atomic mass is 19.1. The Labute approximate surface area is 140 Å². The number of aryl methyl sites for hydroxylation is 1. The van der Waals surface area contributed by atoms with Crippen molar-refractivity contribution in [2.24, 2.45) is 5.92 Å². The average Bonchev–Trinajstić information content (AvgIpc) is 2.52. The molecule has 4 nitrogen and oxygen atoms in total. The van der Waals surface area contributed by atoms with Gasteiger partial charge in [-0.05, 0) is 67.8 Å². The van der Waals surface area contributed by atoms with Crippen molar-refractivity contribution < 1.29 is 18.7 Å². The van der Waals surface area contributed by atoms with Gasteiger partial charge in [-0.2, -0.15) is 0 Å². The zero-order chi connectivity index (χ0) is 17.1. The second-order valence-corrected chi connectivity index (χ2v) is 6.04. The van der Waals surface area contributed by atoms with E-state index >= 15 is 0 Å². The summed E-state index contributed by atoms with van der Waals surface area (Å²) in [4.78, 5) is 12.3. The van der Waals surface area contributed by atoms with Gasteiger partial charge in [0.05, 0.1) is 7.11 Å². The van der Waals surface area contributed by atoms with Crippen LogP contribution in [0.5, 0.6) is 11.5 Å². The van der Waals surface area contributed by atoms with E-state index in [-0.39, 0.29) is 23.7 Å². The van der Waals surface area contributed by atoms with Crippen molar-refractivity contribution in [3.63, 3.8) is 0 Å². The summed E-state index contributed by atoms with van der Waals surface area (Å²) in [5, 5.41) is 2.93. The van der Waals surface area contributed by atoms with E-state index in [9.17, 15) is 9.18 Å². The minimum absolute atomic E-state index is 0.00137. The van der Waals surface area contributed by atoms with E-state index in [0.29, 0.717) is 18.6 Å². The zero-order valence-electron chi connectivity index (χ0n) is 13.7. The molecule has 0 atom stereocenters. The fourth-order valence-electron chi connectivity index (χ4n) is 2.78. The minimum atomic E-state index is -0.289. The largest absolute Gasteiger partial charge is 0.496 e. The molecule has 126 valence electrons. The highest BCUT2D eigenvalue weighted by molar-refractivity contribution is 5.93. The van der Waals surface area contributed by atoms with Crippen LogP contribution in [0.2, 0.25) is 0 Å². The molecule has 3 rings (SSSR count). The van der Waals surface area contributed by atoms with Crippen molar-refractivity contribution in [3.05, 3.63) is 53.8 Å². The number of rotatable bonds is 5. The van der Waals surface area contributed by atoms with Crippen LogP contribution in [0.3, 0.4) is 0 Å². The molecule has 1 amide bonds. The molecule has 0 radical (unpaired) electrons. The summed E-state index contributed by atoms with van der Waals surface area (Å²) in [5.74, 6) is 1.08. The summed E-state index contributed by atoms with van der Waals surface area (Å²) in [5.41, 5.74) is 1.74. The van der Waals surface area contributed by atoms with Gasteiger partial charge in [0.25, 0.3) is 0 Å². The Morgan fingerprint density at radius 2 is 1.88 bits per heavy atom. The van der Waals surface area contributed by atoms with E-state index in [1.54, 1.807) is 19.2 Å². The molecule has 0 aromatic heterocycles. The number of halogens is 1. The van der Waals surface area contributed by atoms with Crippen LogP contribution in [0.15, 0.2) is 42.5 Å². The molecule has 1 saturated carbocycles. The Bertz CT molecular complexity index is 724. The Morgan fingerprint density at radius 3 is 2.50 bits per heavy atom. The molecule has 1 aliphatic rings. The van der Waals surface area contributed by atoms with E-state index in [4.69, 9.17) is 9.47 Å². The molecule has 0 bridgehead atoms. The molecule has 0 aliphatic heterocycles. The maximum atomic E-state index is 12.9. The van der Waals surface area contributed by atoms with Gasteiger partial charge in [0.1, 0.15) is 23.4 Å². The van der Waals surface area contributed by atoms with Crippen molar-refractivity contribution >= 4 is 11.6 Å². The number of nitrogens with one attached hydrogen (secondary N) is 1. The summed E-state index contributed by atoms with van der Waals surface area (Å²) in [7, 11) is 1.62. The molecular formula is C19H20FNO3. The highest BCUT2D eigenvalue weighted by Crippen LogP contribution is 2.32. The van der Waals surface area contributed by atoms with Gasteiger partial charge in [-0.1, -0.05) is 0 Å². The van der Waals surface area contributed by atoms with Gasteiger partial charge in [-0.15, -0.1) is 0 Å². The summed E-state index contributed by atoms with van der Waals surface area (Å²) in [6, 6.07) is 11.5. The molecule has 5 heteroatoms. The standard InChI is InChI=1S/C19H20FNO3/c1-12-9-15(5-8-18(12)23-2)21-19(22)13-10-17(11-13)24-16-6-3-14(20)4-7-16/h3-9,13,17H,10-11H2,1-2H3,(H,21,22). The van der Waals surface area contributed by atoms with Crippen LogP contribution in [-0.4, -0.2) is 19.1 Å². The second-order valence-electron chi connectivity index (χ2n) is 6.04. The van der Waals surface area contributed by atoms with E-state index in [2.05, 4.69) is 5.32 Å². The number of carbonyl (C=O) groups excluding carboxylic acids is 1. The van der Waals surface area contributed by atoms with Gasteiger partial charge in [0, 0.05) is 11.6 Å². The van der Waals surface area contributed by atoms with Crippen molar-refractivity contribution in [2.45, 2.75) is 25.9 Å². The smallest absolute Gasteiger partial charge is 0.227 e. The van der Waals surface area contributed by atoms with Crippen LogP contribution in [-0.2, 0) is 4.79 Å². The summed E-state index contributed by atoms with van der Waals surface area (Å²) < 4.78 is 23.8. The molecule has 1 fully saturated rings. The predicted octanol–water partition coefficient (Wildman–Crippen LogP) is 3.94. The third-order valence-electron chi connectivity index (χ3n) is 4.24. The fourth-order valence-corrected chi connectivity index (χ4v) is 2.78. The Kier molecular flexibility index (Phi) is 4.69. The molecule has 2 aromatic carbocycles. The van der Waals surface area contributed by atoms with E-state index in [1.807, 2.05) is 25.1 Å². The van der Waals surface area contributed by atoms with Crippen LogP contribution in [0.25, 0.3) is 0 Å². The van der Waals surface area contributed by atoms with Crippen molar-refractivity contribution in [3.8, 4) is 11.5 Å². The quantitative estimate of drug-likeness (QED) is 0.904. The average molecular weight is 329 g/mol.